The third-order valence-electron chi connectivity index (χ3n) is 9.27. The molecule has 2 aliphatic heterocycles. The molecule has 0 radical (unpaired) electrons. The van der Waals surface area contributed by atoms with Crippen molar-refractivity contribution in [2.75, 3.05) is 26.4 Å². The second-order valence-corrected chi connectivity index (χ2v) is 15.8. The standard InChI is InChI=1S/C40H53IO4/c1-7-9-11-24-39(42-26-37(3,4)27-43-39)32-20-16-30(17-21-32)34-14-13-15-35(36(34)41)31-18-22-33(23-19-31)40(25-12-10-8-2)44-28-38(5,6)29-45-40/h13-23H,7-12,24-29H2,1-6H3. The van der Waals surface area contributed by atoms with Gasteiger partial charge < -0.3 is 18.9 Å². The van der Waals surface area contributed by atoms with Crippen LogP contribution in [0, 0.1) is 14.4 Å². The highest BCUT2D eigenvalue weighted by molar-refractivity contribution is 14.1. The minimum absolute atomic E-state index is 0.0337. The van der Waals surface area contributed by atoms with Crippen LogP contribution in [0.3, 0.4) is 0 Å². The Kier molecular flexibility index (Phi) is 11.2. The SMILES string of the molecule is CCCCCC1(c2ccc(-c3cccc(-c4ccc(C5(CCCCC)OCC(C)(C)CO5)cc4)c3I)cc2)OCC(C)(C)CO1. The third-order valence-corrected chi connectivity index (χ3v) is 10.4. The number of hydrogen-bond acceptors (Lipinski definition) is 4. The third kappa shape index (κ3) is 8.03. The molecule has 0 saturated carbocycles. The number of ether oxygens (including phenoxy) is 4. The Balaban J connectivity index is 1.38. The Hall–Kier alpha value is -1.77. The molecule has 5 heteroatoms. The van der Waals surface area contributed by atoms with Crippen molar-refractivity contribution >= 4 is 22.6 Å². The summed E-state index contributed by atoms with van der Waals surface area (Å²) in [4.78, 5) is 0. The zero-order valence-corrected chi connectivity index (χ0v) is 30.5. The second-order valence-electron chi connectivity index (χ2n) is 14.7. The van der Waals surface area contributed by atoms with Gasteiger partial charge >= 0.3 is 0 Å². The minimum atomic E-state index is -0.657. The maximum atomic E-state index is 6.52. The zero-order valence-electron chi connectivity index (χ0n) is 28.3. The molecule has 0 spiro atoms. The summed E-state index contributed by atoms with van der Waals surface area (Å²) in [6.07, 6.45) is 8.66. The number of hydrogen-bond donors (Lipinski definition) is 0. The van der Waals surface area contributed by atoms with Crippen LogP contribution in [0.1, 0.15) is 104 Å². The molecule has 45 heavy (non-hydrogen) atoms. The van der Waals surface area contributed by atoms with Crippen LogP contribution in [0.25, 0.3) is 22.3 Å². The van der Waals surface area contributed by atoms with E-state index in [9.17, 15) is 0 Å². The van der Waals surface area contributed by atoms with Gasteiger partial charge in [-0.1, -0.05) is 134 Å². The Labute approximate surface area is 285 Å². The van der Waals surface area contributed by atoms with E-state index in [1.165, 1.54) is 51.5 Å². The summed E-state index contributed by atoms with van der Waals surface area (Å²) >= 11 is 2.51. The zero-order chi connectivity index (χ0) is 32.1. The van der Waals surface area contributed by atoms with E-state index in [-0.39, 0.29) is 10.8 Å². The first-order valence-corrected chi connectivity index (χ1v) is 18.2. The number of halogens is 1. The predicted molar refractivity (Wildman–Crippen MR) is 193 cm³/mol. The number of unbranched alkanes of at least 4 members (excludes halogenated alkanes) is 4. The molecule has 0 aliphatic carbocycles. The Bertz CT molecular complexity index is 1270. The summed E-state index contributed by atoms with van der Waals surface area (Å²) in [5, 5.41) is 0. The lowest BCUT2D eigenvalue weighted by atomic mass is 9.90. The van der Waals surface area contributed by atoms with E-state index < -0.39 is 11.6 Å². The first kappa shape index (κ1) is 34.6. The first-order chi connectivity index (χ1) is 21.5. The van der Waals surface area contributed by atoms with E-state index in [1.54, 1.807) is 0 Å². The van der Waals surface area contributed by atoms with Gasteiger partial charge in [0.2, 0.25) is 0 Å². The molecule has 3 aromatic carbocycles. The summed E-state index contributed by atoms with van der Waals surface area (Å²) in [5.74, 6) is -1.31. The number of benzene rings is 3. The lowest BCUT2D eigenvalue weighted by Gasteiger charge is -2.44. The maximum absolute atomic E-state index is 6.52. The highest BCUT2D eigenvalue weighted by Crippen LogP contribution is 2.43. The van der Waals surface area contributed by atoms with Crippen LogP contribution in [-0.2, 0) is 30.5 Å². The quantitative estimate of drug-likeness (QED) is 0.138. The molecule has 2 saturated heterocycles. The molecule has 2 heterocycles. The van der Waals surface area contributed by atoms with Crippen molar-refractivity contribution in [2.45, 2.75) is 104 Å². The van der Waals surface area contributed by atoms with Crippen molar-refractivity contribution in [1.29, 1.82) is 0 Å². The number of rotatable bonds is 12. The fraction of sp³-hybridized carbons (Fsp3) is 0.550. The van der Waals surface area contributed by atoms with Crippen molar-refractivity contribution in [3.8, 4) is 22.3 Å². The Morgan fingerprint density at radius 2 is 0.889 bits per heavy atom. The van der Waals surface area contributed by atoms with E-state index in [1.807, 2.05) is 0 Å². The fourth-order valence-electron chi connectivity index (χ4n) is 6.33. The molecule has 0 N–H and O–H groups in total. The molecule has 0 amide bonds. The van der Waals surface area contributed by atoms with Crippen LogP contribution in [0.5, 0.6) is 0 Å². The van der Waals surface area contributed by atoms with Crippen LogP contribution in [0.4, 0.5) is 0 Å². The molecule has 0 unspecified atom stereocenters. The molecule has 0 aromatic heterocycles. The largest absolute Gasteiger partial charge is 0.345 e. The highest BCUT2D eigenvalue weighted by Gasteiger charge is 2.43. The molecule has 0 bridgehead atoms. The van der Waals surface area contributed by atoms with Gasteiger partial charge in [0.25, 0.3) is 0 Å². The van der Waals surface area contributed by atoms with Gasteiger partial charge in [0.15, 0.2) is 11.6 Å². The van der Waals surface area contributed by atoms with Crippen molar-refractivity contribution in [3.05, 3.63) is 81.4 Å². The average molecular weight is 725 g/mol. The van der Waals surface area contributed by atoms with E-state index in [2.05, 4.69) is 131 Å². The fourth-order valence-corrected chi connectivity index (χ4v) is 7.31. The van der Waals surface area contributed by atoms with Gasteiger partial charge in [0, 0.05) is 38.4 Å². The van der Waals surface area contributed by atoms with Crippen molar-refractivity contribution in [3.63, 3.8) is 0 Å². The van der Waals surface area contributed by atoms with Gasteiger partial charge in [-0.15, -0.1) is 0 Å². The molecule has 4 nitrogen and oxygen atoms in total. The van der Waals surface area contributed by atoms with Crippen LogP contribution >= 0.6 is 22.6 Å². The molecule has 0 atom stereocenters. The molecule has 3 aromatic rings. The molecule has 244 valence electrons. The molecular weight excluding hydrogens is 671 g/mol. The monoisotopic (exact) mass is 724 g/mol. The van der Waals surface area contributed by atoms with Gasteiger partial charge in [0.1, 0.15) is 0 Å². The molecular formula is C40H53IO4. The predicted octanol–water partition coefficient (Wildman–Crippen LogP) is 11.2. The van der Waals surface area contributed by atoms with E-state index in [0.29, 0.717) is 26.4 Å². The smallest absolute Gasteiger partial charge is 0.194 e. The van der Waals surface area contributed by atoms with Gasteiger partial charge in [-0.2, -0.15) is 0 Å². The molecule has 5 rings (SSSR count). The maximum Gasteiger partial charge on any atom is 0.194 e. The summed E-state index contributed by atoms with van der Waals surface area (Å²) in [6, 6.07) is 24.4. The minimum Gasteiger partial charge on any atom is -0.345 e. The summed E-state index contributed by atoms with van der Waals surface area (Å²) in [6.45, 7) is 16.1. The van der Waals surface area contributed by atoms with E-state index >= 15 is 0 Å². The van der Waals surface area contributed by atoms with E-state index in [4.69, 9.17) is 18.9 Å². The van der Waals surface area contributed by atoms with Gasteiger partial charge in [-0.3, -0.25) is 0 Å². The summed E-state index contributed by atoms with van der Waals surface area (Å²) < 4.78 is 27.3. The summed E-state index contributed by atoms with van der Waals surface area (Å²) in [5.41, 5.74) is 7.15. The Morgan fingerprint density at radius 1 is 0.533 bits per heavy atom. The van der Waals surface area contributed by atoms with Gasteiger partial charge in [0.05, 0.1) is 26.4 Å². The van der Waals surface area contributed by atoms with Gasteiger partial charge in [-0.05, 0) is 57.7 Å². The van der Waals surface area contributed by atoms with Crippen LogP contribution in [-0.4, -0.2) is 26.4 Å². The van der Waals surface area contributed by atoms with Crippen LogP contribution < -0.4 is 0 Å². The molecule has 2 fully saturated rings. The first-order valence-electron chi connectivity index (χ1n) is 17.1. The lowest BCUT2D eigenvalue weighted by Crippen LogP contribution is -2.45. The van der Waals surface area contributed by atoms with Crippen molar-refractivity contribution < 1.29 is 18.9 Å². The van der Waals surface area contributed by atoms with Crippen LogP contribution in [0.2, 0.25) is 0 Å². The van der Waals surface area contributed by atoms with Gasteiger partial charge in [-0.25, -0.2) is 0 Å². The molecule has 2 aliphatic rings. The van der Waals surface area contributed by atoms with E-state index in [0.717, 1.165) is 36.8 Å². The van der Waals surface area contributed by atoms with Crippen LogP contribution in [0.15, 0.2) is 66.7 Å². The second kappa shape index (κ2) is 14.6. The average Bonchev–Trinajstić information content (AvgIpc) is 3.04. The highest BCUT2D eigenvalue weighted by atomic mass is 127. The topological polar surface area (TPSA) is 36.9 Å². The summed E-state index contributed by atoms with van der Waals surface area (Å²) in [7, 11) is 0. The van der Waals surface area contributed by atoms with Crippen molar-refractivity contribution in [2.24, 2.45) is 10.8 Å². The normalized spacial score (nSPS) is 20.2. The van der Waals surface area contributed by atoms with Crippen molar-refractivity contribution in [1.82, 2.24) is 0 Å². The lowest BCUT2D eigenvalue weighted by molar-refractivity contribution is -0.311. The Morgan fingerprint density at radius 3 is 1.22 bits per heavy atom.